The van der Waals surface area contributed by atoms with E-state index in [0.717, 1.165) is 10.8 Å². The average Bonchev–Trinajstić information content (AvgIpc) is 3.05. The van der Waals surface area contributed by atoms with Crippen LogP contribution < -0.4 is 9.16 Å². The Kier molecular flexibility index (Phi) is 5.61. The van der Waals surface area contributed by atoms with E-state index >= 15 is 0 Å². The number of hydrogen-bond acceptors (Lipinski definition) is 3. The number of thiophene rings is 1. The van der Waals surface area contributed by atoms with Crippen LogP contribution >= 0.6 is 11.3 Å². The first-order valence-corrected chi connectivity index (χ1v) is 11.7. The molecule has 3 aromatic rings. The lowest BCUT2D eigenvalue weighted by molar-refractivity contribution is 0.316. The van der Waals surface area contributed by atoms with Crippen LogP contribution in [0.2, 0.25) is 13.1 Å². The van der Waals surface area contributed by atoms with Gasteiger partial charge in [0.05, 0.1) is 0 Å². The normalized spacial score (nSPS) is 10.9. The largest absolute Gasteiger partial charge is 0.543 e. The third-order valence-corrected chi connectivity index (χ3v) is 5.34. The Morgan fingerprint density at radius 3 is 2.36 bits per heavy atom. The van der Waals surface area contributed by atoms with Gasteiger partial charge in [0, 0.05) is 0 Å². The van der Waals surface area contributed by atoms with Crippen LogP contribution in [-0.2, 0) is 6.61 Å². The molecule has 4 heteroatoms. The van der Waals surface area contributed by atoms with E-state index in [9.17, 15) is 0 Å². The van der Waals surface area contributed by atoms with Crippen molar-refractivity contribution in [2.24, 2.45) is 0 Å². The minimum Gasteiger partial charge on any atom is -0.543 e. The maximum Gasteiger partial charge on any atom is 0.274 e. The molecule has 0 aliphatic carbocycles. The van der Waals surface area contributed by atoms with E-state index in [4.69, 9.17) is 9.16 Å². The van der Waals surface area contributed by atoms with Crippen molar-refractivity contribution in [1.29, 1.82) is 0 Å². The van der Waals surface area contributed by atoms with Gasteiger partial charge in [-0.05, 0) is 90.5 Å². The average molecular weight is 368 g/mol. The molecule has 0 saturated heterocycles. The Labute approximate surface area is 155 Å². The third kappa shape index (κ3) is 4.53. The number of rotatable bonds is 6. The topological polar surface area (TPSA) is 18.5 Å². The highest BCUT2D eigenvalue weighted by Gasteiger charge is 2.10. The smallest absolute Gasteiger partial charge is 0.274 e. The van der Waals surface area contributed by atoms with Crippen LogP contribution in [0.25, 0.3) is 11.1 Å². The second kappa shape index (κ2) is 7.89. The Bertz CT molecular complexity index is 818. The lowest BCUT2D eigenvalue weighted by Crippen LogP contribution is -2.11. The molecule has 0 amide bonds. The minimum absolute atomic E-state index is 0.588. The molecule has 1 radical (unpaired) electrons. The molecule has 25 heavy (non-hydrogen) atoms. The molecule has 0 bridgehead atoms. The van der Waals surface area contributed by atoms with Crippen molar-refractivity contribution >= 4 is 20.4 Å². The zero-order valence-electron chi connectivity index (χ0n) is 15.1. The Balaban J connectivity index is 1.85. The van der Waals surface area contributed by atoms with Crippen molar-refractivity contribution < 1.29 is 9.16 Å². The molecule has 0 spiro atoms. The molecule has 2 aromatic carbocycles. The molecular weight excluding hydrogens is 344 g/mol. The Morgan fingerprint density at radius 1 is 0.960 bits per heavy atom. The van der Waals surface area contributed by atoms with E-state index < -0.39 is 9.04 Å². The fraction of sp³-hybridized carbons (Fsp3) is 0.238. The van der Waals surface area contributed by atoms with Crippen LogP contribution in [-0.4, -0.2) is 9.04 Å². The summed E-state index contributed by atoms with van der Waals surface area (Å²) in [6.07, 6.45) is 0. The van der Waals surface area contributed by atoms with Gasteiger partial charge in [0.15, 0.2) is 5.06 Å². The zero-order chi connectivity index (χ0) is 17.8. The van der Waals surface area contributed by atoms with Crippen molar-refractivity contribution in [3.63, 3.8) is 0 Å². The van der Waals surface area contributed by atoms with Crippen LogP contribution in [0, 0.1) is 13.8 Å². The summed E-state index contributed by atoms with van der Waals surface area (Å²) in [6, 6.07) is 16.9. The summed E-state index contributed by atoms with van der Waals surface area (Å²) in [5.41, 5.74) is 6.18. The first-order chi connectivity index (χ1) is 12.0. The number of ether oxygens (including phenoxy) is 1. The minimum atomic E-state index is -0.747. The second-order valence-corrected chi connectivity index (χ2v) is 9.29. The Hall–Kier alpha value is -2.04. The van der Waals surface area contributed by atoms with Gasteiger partial charge >= 0.3 is 0 Å². The number of aryl methyl sites for hydroxylation is 2. The summed E-state index contributed by atoms with van der Waals surface area (Å²) in [4.78, 5) is 0. The summed E-state index contributed by atoms with van der Waals surface area (Å²) in [5.74, 6) is 0.981. The fourth-order valence-electron chi connectivity index (χ4n) is 2.99. The molecule has 0 N–H and O–H groups in total. The first-order valence-electron chi connectivity index (χ1n) is 8.38. The van der Waals surface area contributed by atoms with Crippen molar-refractivity contribution in [2.75, 3.05) is 0 Å². The summed E-state index contributed by atoms with van der Waals surface area (Å²) >= 11 is 1.62. The molecule has 0 atom stereocenters. The van der Waals surface area contributed by atoms with Gasteiger partial charge < -0.3 is 9.16 Å². The highest BCUT2D eigenvalue weighted by molar-refractivity contribution is 7.11. The summed E-state index contributed by atoms with van der Waals surface area (Å²) in [6.45, 7) is 9.20. The van der Waals surface area contributed by atoms with Gasteiger partial charge in [-0.15, -0.1) is 11.3 Å². The standard InChI is InChI=1S/C21H23O2SSi/c1-15-11-19(23-25(3)4)12-16(2)21(15)18-8-5-7-17(13-18)14-22-20-9-6-10-24-20/h5-13H,14H2,1-4H3. The molecular formula is C21H23O2SSi. The van der Waals surface area contributed by atoms with E-state index in [1.54, 1.807) is 11.3 Å². The van der Waals surface area contributed by atoms with Crippen LogP contribution in [0.15, 0.2) is 53.9 Å². The number of benzene rings is 2. The van der Waals surface area contributed by atoms with Crippen molar-refractivity contribution in [3.8, 4) is 21.9 Å². The molecule has 0 unspecified atom stereocenters. The van der Waals surface area contributed by atoms with Crippen molar-refractivity contribution in [3.05, 3.63) is 70.6 Å². The van der Waals surface area contributed by atoms with Crippen LogP contribution in [0.3, 0.4) is 0 Å². The van der Waals surface area contributed by atoms with Gasteiger partial charge in [0.2, 0.25) is 0 Å². The van der Waals surface area contributed by atoms with Gasteiger partial charge in [-0.2, -0.15) is 0 Å². The van der Waals surface area contributed by atoms with Gasteiger partial charge in [0.25, 0.3) is 9.04 Å². The van der Waals surface area contributed by atoms with Gasteiger partial charge in [-0.25, -0.2) is 0 Å². The molecule has 0 aliphatic heterocycles. The predicted molar refractivity (Wildman–Crippen MR) is 108 cm³/mol. The monoisotopic (exact) mass is 367 g/mol. The lowest BCUT2D eigenvalue weighted by Gasteiger charge is -2.16. The maximum atomic E-state index is 5.95. The van der Waals surface area contributed by atoms with Gasteiger partial charge in [0.1, 0.15) is 12.4 Å². The molecule has 1 aromatic heterocycles. The van der Waals surface area contributed by atoms with E-state index in [2.05, 4.69) is 63.3 Å². The molecule has 1 heterocycles. The first kappa shape index (κ1) is 17.8. The summed E-state index contributed by atoms with van der Waals surface area (Å²) < 4.78 is 11.8. The molecule has 0 aliphatic rings. The summed E-state index contributed by atoms with van der Waals surface area (Å²) in [7, 11) is -0.747. The quantitative estimate of drug-likeness (QED) is 0.480. The van der Waals surface area contributed by atoms with E-state index in [-0.39, 0.29) is 0 Å². The second-order valence-electron chi connectivity index (χ2n) is 6.36. The molecule has 0 saturated carbocycles. The molecule has 2 nitrogen and oxygen atoms in total. The molecule has 3 rings (SSSR count). The number of hydrogen-bond donors (Lipinski definition) is 0. The van der Waals surface area contributed by atoms with E-state index in [1.807, 2.05) is 17.5 Å². The van der Waals surface area contributed by atoms with Crippen molar-refractivity contribution in [2.45, 2.75) is 33.5 Å². The summed E-state index contributed by atoms with van der Waals surface area (Å²) in [5, 5.41) is 2.98. The maximum absolute atomic E-state index is 5.95. The SMILES string of the molecule is Cc1cc(O[Si](C)C)cc(C)c1-c1cccc(COc2cccs2)c1. The highest BCUT2D eigenvalue weighted by atomic mass is 32.1. The third-order valence-electron chi connectivity index (χ3n) is 3.92. The molecule has 0 fully saturated rings. The van der Waals surface area contributed by atoms with Crippen LogP contribution in [0.4, 0.5) is 0 Å². The highest BCUT2D eigenvalue weighted by Crippen LogP contribution is 2.32. The van der Waals surface area contributed by atoms with E-state index in [0.29, 0.717) is 6.61 Å². The Morgan fingerprint density at radius 2 is 1.72 bits per heavy atom. The zero-order valence-corrected chi connectivity index (χ0v) is 16.9. The molecule has 129 valence electrons. The predicted octanol–water partition coefficient (Wildman–Crippen LogP) is 6.24. The van der Waals surface area contributed by atoms with E-state index in [1.165, 1.54) is 27.8 Å². The van der Waals surface area contributed by atoms with Crippen LogP contribution in [0.5, 0.6) is 10.8 Å². The lowest BCUT2D eigenvalue weighted by atomic mass is 9.94. The van der Waals surface area contributed by atoms with Crippen molar-refractivity contribution in [1.82, 2.24) is 0 Å². The van der Waals surface area contributed by atoms with Crippen LogP contribution in [0.1, 0.15) is 16.7 Å². The van der Waals surface area contributed by atoms with Gasteiger partial charge in [-0.3, -0.25) is 0 Å². The fourth-order valence-corrected chi connectivity index (χ4v) is 4.16. The van der Waals surface area contributed by atoms with Gasteiger partial charge in [-0.1, -0.05) is 18.2 Å².